The van der Waals surface area contributed by atoms with E-state index < -0.39 is 6.10 Å². The third-order valence-electron chi connectivity index (χ3n) is 14.4. The number of hydrogen-bond acceptors (Lipinski definition) is 6. The summed E-state index contributed by atoms with van der Waals surface area (Å²) in [6.07, 6.45) is 74.8. The lowest BCUT2D eigenvalue weighted by Gasteiger charge is -2.18. The Bertz CT molecular complexity index is 1210. The number of esters is 3. The van der Waals surface area contributed by atoms with Crippen molar-refractivity contribution in [2.45, 2.75) is 354 Å². The number of allylic oxidation sites excluding steroid dienone is 6. The topological polar surface area (TPSA) is 78.9 Å². The average molecular weight is 1010 g/mol. The molecule has 0 amide bonds. The van der Waals surface area contributed by atoms with E-state index in [1.807, 2.05) is 0 Å². The summed E-state index contributed by atoms with van der Waals surface area (Å²) in [5.74, 6) is -0.855. The van der Waals surface area contributed by atoms with Crippen LogP contribution in [0.1, 0.15) is 348 Å². The molecule has 0 spiro atoms. The highest BCUT2D eigenvalue weighted by atomic mass is 16.6. The zero-order valence-electron chi connectivity index (χ0n) is 48.5. The van der Waals surface area contributed by atoms with Gasteiger partial charge in [-0.2, -0.15) is 0 Å². The Balaban J connectivity index is 3.98. The Morgan fingerprint density at radius 3 is 0.778 bits per heavy atom. The first-order valence-electron chi connectivity index (χ1n) is 32.0. The van der Waals surface area contributed by atoms with Crippen LogP contribution in [0.15, 0.2) is 36.5 Å². The molecule has 1 atom stereocenters. The van der Waals surface area contributed by atoms with Gasteiger partial charge in [0, 0.05) is 19.3 Å². The highest BCUT2D eigenvalue weighted by Gasteiger charge is 2.19. The predicted molar refractivity (Wildman–Crippen MR) is 312 cm³/mol. The van der Waals surface area contributed by atoms with Crippen molar-refractivity contribution in [3.05, 3.63) is 36.5 Å². The molecule has 0 bridgehead atoms. The van der Waals surface area contributed by atoms with Gasteiger partial charge in [0.05, 0.1) is 0 Å². The van der Waals surface area contributed by atoms with Crippen LogP contribution in [0.3, 0.4) is 0 Å². The smallest absolute Gasteiger partial charge is 0.306 e. The molecule has 0 aromatic carbocycles. The van der Waals surface area contributed by atoms with Crippen LogP contribution >= 0.6 is 0 Å². The highest BCUT2D eigenvalue weighted by Crippen LogP contribution is 2.18. The molecular weight excluding hydrogens is 889 g/mol. The molecule has 0 saturated heterocycles. The van der Waals surface area contributed by atoms with Crippen LogP contribution in [0, 0.1) is 0 Å². The summed E-state index contributed by atoms with van der Waals surface area (Å²) < 4.78 is 16.8. The van der Waals surface area contributed by atoms with E-state index in [4.69, 9.17) is 14.2 Å². The van der Waals surface area contributed by atoms with Crippen LogP contribution in [-0.2, 0) is 28.6 Å². The number of rotatable bonds is 59. The second-order valence-electron chi connectivity index (χ2n) is 21.7. The van der Waals surface area contributed by atoms with Crippen molar-refractivity contribution in [3.8, 4) is 0 Å². The van der Waals surface area contributed by atoms with Crippen LogP contribution in [0.5, 0.6) is 0 Å². The van der Waals surface area contributed by atoms with Crippen molar-refractivity contribution in [1.29, 1.82) is 0 Å². The van der Waals surface area contributed by atoms with Gasteiger partial charge in [0.1, 0.15) is 13.2 Å². The van der Waals surface area contributed by atoms with E-state index in [-0.39, 0.29) is 31.1 Å². The summed E-state index contributed by atoms with van der Waals surface area (Å²) >= 11 is 0. The zero-order valence-corrected chi connectivity index (χ0v) is 48.5. The maximum Gasteiger partial charge on any atom is 0.306 e. The lowest BCUT2D eigenvalue weighted by molar-refractivity contribution is -0.167. The van der Waals surface area contributed by atoms with Gasteiger partial charge < -0.3 is 14.2 Å². The molecule has 0 fully saturated rings. The van der Waals surface area contributed by atoms with E-state index in [2.05, 4.69) is 57.2 Å². The molecule has 0 aliphatic rings. The summed E-state index contributed by atoms with van der Waals surface area (Å²) in [4.78, 5) is 37.9. The van der Waals surface area contributed by atoms with Gasteiger partial charge in [-0.25, -0.2) is 0 Å². The summed E-state index contributed by atoms with van der Waals surface area (Å²) in [5, 5.41) is 0. The third-order valence-corrected chi connectivity index (χ3v) is 14.4. The first-order valence-corrected chi connectivity index (χ1v) is 32.0. The SMILES string of the molecule is CCCCCCC/C=C\C/C=C\C/C=C\CCCCCCCCCCCCCCCCCCC(=O)OCC(COC(=O)CCCCCCCC)OC(=O)CCCCCCCCCCCCCCCCCCC. The second kappa shape index (κ2) is 61.2. The minimum Gasteiger partial charge on any atom is -0.462 e. The maximum atomic E-state index is 12.8. The van der Waals surface area contributed by atoms with E-state index in [0.29, 0.717) is 19.3 Å². The van der Waals surface area contributed by atoms with E-state index in [1.165, 1.54) is 238 Å². The summed E-state index contributed by atoms with van der Waals surface area (Å²) in [6, 6.07) is 0. The van der Waals surface area contributed by atoms with Crippen LogP contribution in [0.25, 0.3) is 0 Å². The van der Waals surface area contributed by atoms with Gasteiger partial charge in [0.25, 0.3) is 0 Å². The average Bonchev–Trinajstić information content (AvgIpc) is 3.38. The predicted octanol–water partition coefficient (Wildman–Crippen LogP) is 21.6. The molecule has 422 valence electrons. The number of ether oxygens (including phenoxy) is 3. The molecule has 0 heterocycles. The molecule has 0 N–H and O–H groups in total. The standard InChI is InChI=1S/C66H122O6/c1-4-7-10-13-16-18-20-22-24-26-27-28-29-30-31-32-33-34-35-36-37-38-39-41-42-44-46-48-50-53-56-59-65(68)71-62-63(61-70-64(67)58-55-52-15-12-9-6-3)72-66(69)60-57-54-51-49-47-45-43-40-25-23-21-19-17-14-11-8-5-2/h20,22,26-27,29-30,63H,4-19,21,23-25,28,31-62H2,1-3H3/b22-20-,27-26-,30-29-. The second-order valence-corrected chi connectivity index (χ2v) is 21.7. The number of carbonyl (C=O) groups is 3. The first-order chi connectivity index (χ1) is 35.5. The van der Waals surface area contributed by atoms with Gasteiger partial charge in [-0.15, -0.1) is 0 Å². The normalized spacial score (nSPS) is 12.2. The Morgan fingerprint density at radius 2 is 0.500 bits per heavy atom. The fourth-order valence-corrected chi connectivity index (χ4v) is 9.57. The Morgan fingerprint density at radius 1 is 0.278 bits per heavy atom. The van der Waals surface area contributed by atoms with Crippen LogP contribution < -0.4 is 0 Å². The van der Waals surface area contributed by atoms with Crippen molar-refractivity contribution in [3.63, 3.8) is 0 Å². The Hall–Kier alpha value is -2.37. The van der Waals surface area contributed by atoms with Crippen molar-refractivity contribution >= 4 is 17.9 Å². The zero-order chi connectivity index (χ0) is 52.2. The van der Waals surface area contributed by atoms with E-state index in [9.17, 15) is 14.4 Å². The minimum atomic E-state index is -0.765. The molecule has 6 heteroatoms. The van der Waals surface area contributed by atoms with Crippen molar-refractivity contribution in [1.82, 2.24) is 0 Å². The lowest BCUT2D eigenvalue weighted by atomic mass is 10.0. The van der Waals surface area contributed by atoms with Gasteiger partial charge in [0.15, 0.2) is 6.10 Å². The summed E-state index contributed by atoms with van der Waals surface area (Å²) in [6.45, 7) is 6.62. The fraction of sp³-hybridized carbons (Fsp3) is 0.864. The van der Waals surface area contributed by atoms with Gasteiger partial charge in [0.2, 0.25) is 0 Å². The summed E-state index contributed by atoms with van der Waals surface area (Å²) in [5.41, 5.74) is 0. The van der Waals surface area contributed by atoms with Crippen molar-refractivity contribution in [2.75, 3.05) is 13.2 Å². The molecule has 0 saturated carbocycles. The maximum absolute atomic E-state index is 12.8. The molecule has 0 aromatic rings. The van der Waals surface area contributed by atoms with E-state index >= 15 is 0 Å². The molecule has 72 heavy (non-hydrogen) atoms. The lowest BCUT2D eigenvalue weighted by Crippen LogP contribution is -2.30. The molecule has 1 unspecified atom stereocenters. The number of unbranched alkanes of at least 4 members (excludes halogenated alkanes) is 42. The molecular formula is C66H122O6. The van der Waals surface area contributed by atoms with Gasteiger partial charge in [-0.1, -0.05) is 308 Å². The third kappa shape index (κ3) is 58.5. The van der Waals surface area contributed by atoms with Crippen LogP contribution in [0.2, 0.25) is 0 Å². The molecule has 0 aromatic heterocycles. The molecule has 0 radical (unpaired) electrons. The number of carbonyl (C=O) groups excluding carboxylic acids is 3. The first kappa shape index (κ1) is 69.6. The molecule has 0 rings (SSSR count). The van der Waals surface area contributed by atoms with E-state index in [0.717, 1.165) is 70.6 Å². The van der Waals surface area contributed by atoms with Crippen molar-refractivity contribution < 1.29 is 28.6 Å². The fourth-order valence-electron chi connectivity index (χ4n) is 9.57. The summed E-state index contributed by atoms with van der Waals surface area (Å²) in [7, 11) is 0. The van der Waals surface area contributed by atoms with E-state index in [1.54, 1.807) is 0 Å². The van der Waals surface area contributed by atoms with Gasteiger partial charge in [-0.3, -0.25) is 14.4 Å². The quantitative estimate of drug-likeness (QED) is 0.0261. The minimum absolute atomic E-state index is 0.0667. The largest absolute Gasteiger partial charge is 0.462 e. The van der Waals surface area contributed by atoms with Crippen LogP contribution in [0.4, 0.5) is 0 Å². The Kier molecular flexibility index (Phi) is 59.2. The number of hydrogen-bond donors (Lipinski definition) is 0. The molecule has 0 aliphatic heterocycles. The molecule has 6 nitrogen and oxygen atoms in total. The van der Waals surface area contributed by atoms with Crippen LogP contribution in [-0.4, -0.2) is 37.2 Å². The Labute approximate surface area is 448 Å². The van der Waals surface area contributed by atoms with Gasteiger partial charge >= 0.3 is 17.9 Å². The van der Waals surface area contributed by atoms with Gasteiger partial charge in [-0.05, 0) is 57.8 Å². The monoisotopic (exact) mass is 1010 g/mol. The highest BCUT2D eigenvalue weighted by molar-refractivity contribution is 5.71. The molecule has 0 aliphatic carbocycles. The van der Waals surface area contributed by atoms with Crippen molar-refractivity contribution in [2.24, 2.45) is 0 Å².